The number of methoxy groups -OCH3 is 1. The molecule has 2 atom stereocenters. The summed E-state index contributed by atoms with van der Waals surface area (Å²) in [5.74, 6) is 0.485. The van der Waals surface area contributed by atoms with E-state index in [1.807, 2.05) is 0 Å². The van der Waals surface area contributed by atoms with E-state index in [1.165, 1.54) is 0 Å². The first kappa shape index (κ1) is 16.4. The molecule has 0 saturated carbocycles. The van der Waals surface area contributed by atoms with Gasteiger partial charge in [0.25, 0.3) is 5.91 Å². The molecule has 7 nitrogen and oxygen atoms in total. The first-order valence-corrected chi connectivity index (χ1v) is 7.29. The van der Waals surface area contributed by atoms with Crippen molar-refractivity contribution in [1.29, 1.82) is 0 Å². The Morgan fingerprint density at radius 3 is 2.73 bits per heavy atom. The van der Waals surface area contributed by atoms with Gasteiger partial charge in [0.1, 0.15) is 5.82 Å². The lowest BCUT2D eigenvalue weighted by Crippen LogP contribution is -2.31. The van der Waals surface area contributed by atoms with Crippen LogP contribution in [0, 0.1) is 19.8 Å². The zero-order valence-corrected chi connectivity index (χ0v) is 13.4. The van der Waals surface area contributed by atoms with Crippen LogP contribution < -0.4 is 5.32 Å². The standard InChI is InChI=1S/C15H22N4O3/c1-9-12(6-17-10(2)18-9)15(21)19-7-11(5-14(20)16-3)13(8-19)22-4/h6,11,13H,5,7-8H2,1-4H3,(H,16,20)/t11-,13+/m1/s1. The predicted octanol–water partition coefficient (Wildman–Crippen LogP) is 0.317. The van der Waals surface area contributed by atoms with Gasteiger partial charge in [-0.25, -0.2) is 9.97 Å². The number of hydrogen-bond acceptors (Lipinski definition) is 5. The minimum absolute atomic E-state index is 0.000530. The van der Waals surface area contributed by atoms with Crippen LogP contribution >= 0.6 is 0 Å². The van der Waals surface area contributed by atoms with Gasteiger partial charge < -0.3 is 15.0 Å². The average molecular weight is 306 g/mol. The number of hydrogen-bond donors (Lipinski definition) is 1. The van der Waals surface area contributed by atoms with E-state index in [0.29, 0.717) is 36.6 Å². The van der Waals surface area contributed by atoms with Crippen LogP contribution in [0.5, 0.6) is 0 Å². The van der Waals surface area contributed by atoms with Crippen molar-refractivity contribution in [2.24, 2.45) is 5.92 Å². The summed E-state index contributed by atoms with van der Waals surface area (Å²) >= 11 is 0. The summed E-state index contributed by atoms with van der Waals surface area (Å²) in [5, 5.41) is 2.61. The van der Waals surface area contributed by atoms with Gasteiger partial charge in [0.2, 0.25) is 5.91 Å². The second kappa shape index (κ2) is 6.83. The number of ether oxygens (including phenoxy) is 1. The molecule has 1 aromatic rings. The third-order valence-corrected chi connectivity index (χ3v) is 4.03. The average Bonchev–Trinajstić information content (AvgIpc) is 2.89. The minimum atomic E-state index is -0.132. The van der Waals surface area contributed by atoms with E-state index in [9.17, 15) is 9.59 Å². The third kappa shape index (κ3) is 3.41. The van der Waals surface area contributed by atoms with E-state index < -0.39 is 0 Å². The highest BCUT2D eigenvalue weighted by Gasteiger charge is 2.37. The largest absolute Gasteiger partial charge is 0.379 e. The van der Waals surface area contributed by atoms with Gasteiger partial charge >= 0.3 is 0 Å². The molecule has 0 radical (unpaired) electrons. The molecular formula is C15H22N4O3. The van der Waals surface area contributed by atoms with Crippen LogP contribution in [0.3, 0.4) is 0 Å². The van der Waals surface area contributed by atoms with Gasteiger partial charge in [-0.2, -0.15) is 0 Å². The van der Waals surface area contributed by atoms with Crippen LogP contribution in [0.2, 0.25) is 0 Å². The Labute approximate surface area is 130 Å². The van der Waals surface area contributed by atoms with Crippen molar-refractivity contribution in [3.8, 4) is 0 Å². The Morgan fingerprint density at radius 1 is 1.41 bits per heavy atom. The van der Waals surface area contributed by atoms with Crippen molar-refractivity contribution in [1.82, 2.24) is 20.2 Å². The maximum absolute atomic E-state index is 12.6. The molecule has 0 aliphatic carbocycles. The van der Waals surface area contributed by atoms with E-state index in [4.69, 9.17) is 4.74 Å². The molecule has 1 aliphatic rings. The Morgan fingerprint density at radius 2 is 2.14 bits per heavy atom. The highest BCUT2D eigenvalue weighted by Crippen LogP contribution is 2.24. The van der Waals surface area contributed by atoms with Crippen LogP contribution in [0.1, 0.15) is 28.3 Å². The predicted molar refractivity (Wildman–Crippen MR) is 80.4 cm³/mol. The third-order valence-electron chi connectivity index (χ3n) is 4.03. The Bertz CT molecular complexity index is 576. The number of carbonyl (C=O) groups is 2. The summed E-state index contributed by atoms with van der Waals surface area (Å²) in [5.41, 5.74) is 1.17. The van der Waals surface area contributed by atoms with Crippen molar-refractivity contribution in [3.05, 3.63) is 23.3 Å². The normalized spacial score (nSPS) is 21.0. The maximum atomic E-state index is 12.6. The van der Waals surface area contributed by atoms with E-state index in [1.54, 1.807) is 39.1 Å². The summed E-state index contributed by atoms with van der Waals surface area (Å²) in [6.45, 7) is 4.56. The first-order chi connectivity index (χ1) is 10.5. The fourth-order valence-electron chi connectivity index (χ4n) is 2.77. The molecule has 2 rings (SSSR count). The van der Waals surface area contributed by atoms with Crippen molar-refractivity contribution in [2.75, 3.05) is 27.2 Å². The molecule has 1 N–H and O–H groups in total. The van der Waals surface area contributed by atoms with E-state index in [0.717, 1.165) is 0 Å². The lowest BCUT2D eigenvalue weighted by molar-refractivity contribution is -0.122. The fraction of sp³-hybridized carbons (Fsp3) is 0.600. The van der Waals surface area contributed by atoms with Crippen molar-refractivity contribution < 1.29 is 14.3 Å². The summed E-state index contributed by atoms with van der Waals surface area (Å²) in [7, 11) is 3.21. The van der Waals surface area contributed by atoms with Crippen molar-refractivity contribution >= 4 is 11.8 Å². The molecule has 1 aromatic heterocycles. The molecule has 120 valence electrons. The lowest BCUT2D eigenvalue weighted by Gasteiger charge is -2.17. The summed E-state index contributed by atoms with van der Waals surface area (Å²) in [6, 6.07) is 0. The van der Waals surface area contributed by atoms with E-state index >= 15 is 0 Å². The molecule has 2 heterocycles. The van der Waals surface area contributed by atoms with Gasteiger partial charge in [-0.1, -0.05) is 0 Å². The fourth-order valence-corrected chi connectivity index (χ4v) is 2.77. The number of rotatable bonds is 4. The topological polar surface area (TPSA) is 84.4 Å². The number of aromatic nitrogens is 2. The number of likely N-dealkylation sites (tertiary alicyclic amines) is 1. The Kier molecular flexibility index (Phi) is 5.07. The monoisotopic (exact) mass is 306 g/mol. The maximum Gasteiger partial charge on any atom is 0.257 e. The zero-order valence-electron chi connectivity index (χ0n) is 13.4. The van der Waals surface area contributed by atoms with Crippen LogP contribution in [-0.2, 0) is 9.53 Å². The molecule has 0 spiro atoms. The zero-order chi connectivity index (χ0) is 16.3. The van der Waals surface area contributed by atoms with Crippen LogP contribution in [0.15, 0.2) is 6.20 Å². The highest BCUT2D eigenvalue weighted by molar-refractivity contribution is 5.95. The SMILES string of the molecule is CNC(=O)C[C@@H]1CN(C(=O)c2cnc(C)nc2C)C[C@@H]1OC. The van der Waals surface area contributed by atoms with Gasteiger partial charge in [0, 0.05) is 45.8 Å². The van der Waals surface area contributed by atoms with Crippen molar-refractivity contribution in [3.63, 3.8) is 0 Å². The number of amides is 2. The second-order valence-corrected chi connectivity index (χ2v) is 5.54. The quantitative estimate of drug-likeness (QED) is 0.866. The van der Waals surface area contributed by atoms with Crippen LogP contribution in [0.4, 0.5) is 0 Å². The lowest BCUT2D eigenvalue weighted by atomic mass is 10.0. The molecule has 2 amide bonds. The van der Waals surface area contributed by atoms with Crippen LogP contribution in [0.25, 0.3) is 0 Å². The Balaban J connectivity index is 2.12. The minimum Gasteiger partial charge on any atom is -0.379 e. The highest BCUT2D eigenvalue weighted by atomic mass is 16.5. The van der Waals surface area contributed by atoms with Gasteiger partial charge in [-0.05, 0) is 13.8 Å². The number of nitrogens with zero attached hydrogens (tertiary/aromatic N) is 3. The molecule has 1 saturated heterocycles. The van der Waals surface area contributed by atoms with Gasteiger partial charge in [0.05, 0.1) is 17.4 Å². The molecule has 1 aliphatic heterocycles. The summed E-state index contributed by atoms with van der Waals surface area (Å²) in [4.78, 5) is 34.2. The first-order valence-electron chi connectivity index (χ1n) is 7.29. The van der Waals surface area contributed by atoms with Gasteiger partial charge in [0.15, 0.2) is 0 Å². The van der Waals surface area contributed by atoms with Gasteiger partial charge in [-0.3, -0.25) is 9.59 Å². The van der Waals surface area contributed by atoms with Gasteiger partial charge in [-0.15, -0.1) is 0 Å². The molecule has 0 unspecified atom stereocenters. The number of nitrogens with one attached hydrogen (secondary N) is 1. The summed E-state index contributed by atoms with van der Waals surface area (Å²) in [6.07, 6.45) is 1.78. The van der Waals surface area contributed by atoms with Crippen LogP contribution in [-0.4, -0.2) is 60.0 Å². The molecule has 22 heavy (non-hydrogen) atoms. The molecule has 0 aromatic carbocycles. The second-order valence-electron chi connectivity index (χ2n) is 5.54. The molecule has 7 heteroatoms. The molecule has 0 bridgehead atoms. The number of carbonyl (C=O) groups excluding carboxylic acids is 2. The number of aryl methyl sites for hydroxylation is 2. The Hall–Kier alpha value is -2.02. The smallest absolute Gasteiger partial charge is 0.257 e. The van der Waals surface area contributed by atoms with Crippen molar-refractivity contribution in [2.45, 2.75) is 26.4 Å². The van der Waals surface area contributed by atoms with E-state index in [2.05, 4.69) is 15.3 Å². The molecule has 1 fully saturated rings. The van der Waals surface area contributed by atoms with E-state index in [-0.39, 0.29) is 23.8 Å². The molecular weight excluding hydrogens is 284 g/mol. The summed E-state index contributed by atoms with van der Waals surface area (Å²) < 4.78 is 5.43.